The van der Waals surface area contributed by atoms with Crippen molar-refractivity contribution in [2.75, 3.05) is 19.6 Å². The molecule has 80 valence electrons. The molecule has 0 bridgehead atoms. The number of hydrogen-bond acceptors (Lipinski definition) is 2. The molecule has 15 heavy (non-hydrogen) atoms. The number of nitrogens with zero attached hydrogens (tertiary/aromatic N) is 1. The van der Waals surface area contributed by atoms with Crippen LogP contribution in [0.5, 0.6) is 0 Å². The Morgan fingerprint density at radius 1 is 1.40 bits per heavy atom. The molecule has 0 spiro atoms. The predicted octanol–water partition coefficient (Wildman–Crippen LogP) is 1.31. The topological polar surface area (TPSA) is 52.6 Å². The van der Waals surface area contributed by atoms with Crippen molar-refractivity contribution in [2.45, 2.75) is 6.04 Å². The van der Waals surface area contributed by atoms with Gasteiger partial charge in [-0.3, -0.25) is 0 Å². The molecule has 2 N–H and O–H groups in total. The van der Waals surface area contributed by atoms with Crippen LogP contribution < -0.4 is 5.32 Å². The Morgan fingerprint density at radius 2 is 2.13 bits per heavy atom. The first-order chi connectivity index (χ1) is 7.27. The molecule has 1 heterocycles. The van der Waals surface area contributed by atoms with E-state index in [1.807, 2.05) is 30.3 Å². The number of benzene rings is 1. The molecule has 0 unspecified atom stereocenters. The van der Waals surface area contributed by atoms with E-state index in [4.69, 9.17) is 5.11 Å². The van der Waals surface area contributed by atoms with Crippen LogP contribution in [0.15, 0.2) is 30.3 Å². The second kappa shape index (κ2) is 4.31. The Balaban J connectivity index is 2.08. The fourth-order valence-electron chi connectivity index (χ4n) is 1.83. The van der Waals surface area contributed by atoms with Crippen molar-refractivity contribution in [2.24, 2.45) is 0 Å². The minimum absolute atomic E-state index is 0.121. The average molecular weight is 206 g/mol. The molecule has 0 saturated carbocycles. The molecule has 1 aliphatic heterocycles. The van der Waals surface area contributed by atoms with Crippen LogP contribution in [0.3, 0.4) is 0 Å². The normalized spacial score (nSPS) is 21.3. The van der Waals surface area contributed by atoms with E-state index in [1.165, 1.54) is 4.90 Å². The zero-order valence-corrected chi connectivity index (χ0v) is 8.39. The Bertz CT molecular complexity index is 340. The van der Waals surface area contributed by atoms with Gasteiger partial charge in [-0.15, -0.1) is 0 Å². The van der Waals surface area contributed by atoms with Crippen molar-refractivity contribution < 1.29 is 9.90 Å². The Labute approximate surface area is 88.5 Å². The van der Waals surface area contributed by atoms with Gasteiger partial charge in [0.1, 0.15) is 0 Å². The third-order valence-corrected chi connectivity index (χ3v) is 2.65. The van der Waals surface area contributed by atoms with Crippen molar-refractivity contribution in [3.63, 3.8) is 0 Å². The summed E-state index contributed by atoms with van der Waals surface area (Å²) in [5.41, 5.74) is 1.14. The zero-order valence-electron chi connectivity index (χ0n) is 8.39. The van der Waals surface area contributed by atoms with E-state index in [-0.39, 0.29) is 6.04 Å². The van der Waals surface area contributed by atoms with E-state index in [2.05, 4.69) is 5.32 Å². The number of piperazine rings is 1. The molecule has 1 amide bonds. The molecule has 4 heteroatoms. The Kier molecular flexibility index (Phi) is 2.87. The van der Waals surface area contributed by atoms with E-state index >= 15 is 0 Å². The van der Waals surface area contributed by atoms with Crippen LogP contribution in [0.4, 0.5) is 4.79 Å². The van der Waals surface area contributed by atoms with Gasteiger partial charge >= 0.3 is 6.09 Å². The maximum atomic E-state index is 10.8. The summed E-state index contributed by atoms with van der Waals surface area (Å²) in [4.78, 5) is 12.3. The van der Waals surface area contributed by atoms with Gasteiger partial charge in [0, 0.05) is 19.6 Å². The van der Waals surface area contributed by atoms with Crippen LogP contribution in [0, 0.1) is 0 Å². The fraction of sp³-hybridized carbons (Fsp3) is 0.364. The minimum Gasteiger partial charge on any atom is -0.465 e. The van der Waals surface area contributed by atoms with Crippen LogP contribution in [0.25, 0.3) is 0 Å². The highest BCUT2D eigenvalue weighted by Crippen LogP contribution is 2.16. The molecule has 1 fully saturated rings. The van der Waals surface area contributed by atoms with E-state index in [9.17, 15) is 4.79 Å². The molecule has 0 radical (unpaired) electrons. The molecule has 1 atom stereocenters. The van der Waals surface area contributed by atoms with Crippen molar-refractivity contribution in [1.82, 2.24) is 10.2 Å². The first-order valence-electron chi connectivity index (χ1n) is 5.03. The Hall–Kier alpha value is -1.55. The van der Waals surface area contributed by atoms with Crippen LogP contribution in [0.2, 0.25) is 0 Å². The number of rotatable bonds is 1. The smallest absolute Gasteiger partial charge is 0.407 e. The van der Waals surface area contributed by atoms with Gasteiger partial charge in [-0.05, 0) is 5.56 Å². The third-order valence-electron chi connectivity index (χ3n) is 2.65. The molecule has 1 aliphatic rings. The average Bonchev–Trinajstić information content (AvgIpc) is 2.30. The Morgan fingerprint density at radius 3 is 2.80 bits per heavy atom. The lowest BCUT2D eigenvalue weighted by atomic mass is 10.1. The van der Waals surface area contributed by atoms with Gasteiger partial charge < -0.3 is 15.3 Å². The highest BCUT2D eigenvalue weighted by atomic mass is 16.4. The molecular weight excluding hydrogens is 192 g/mol. The van der Waals surface area contributed by atoms with Crippen molar-refractivity contribution in [1.29, 1.82) is 0 Å². The van der Waals surface area contributed by atoms with Crippen LogP contribution in [-0.2, 0) is 0 Å². The largest absolute Gasteiger partial charge is 0.465 e. The molecule has 1 aromatic rings. The van der Waals surface area contributed by atoms with Crippen molar-refractivity contribution in [3.8, 4) is 0 Å². The predicted molar refractivity (Wildman–Crippen MR) is 56.8 cm³/mol. The second-order valence-electron chi connectivity index (χ2n) is 3.65. The van der Waals surface area contributed by atoms with Crippen LogP contribution in [0.1, 0.15) is 11.6 Å². The second-order valence-corrected chi connectivity index (χ2v) is 3.65. The summed E-state index contributed by atoms with van der Waals surface area (Å²) in [6.07, 6.45) is -0.836. The van der Waals surface area contributed by atoms with Crippen molar-refractivity contribution >= 4 is 6.09 Å². The van der Waals surface area contributed by atoms with Crippen LogP contribution >= 0.6 is 0 Å². The SMILES string of the molecule is O=C(O)N1CCN[C@H](c2ccccc2)C1. The first kappa shape index (κ1) is 9.98. The van der Waals surface area contributed by atoms with E-state index in [1.54, 1.807) is 0 Å². The number of carbonyl (C=O) groups is 1. The molecule has 1 aromatic carbocycles. The highest BCUT2D eigenvalue weighted by molar-refractivity contribution is 5.65. The van der Waals surface area contributed by atoms with Gasteiger partial charge in [0.25, 0.3) is 0 Å². The summed E-state index contributed by atoms with van der Waals surface area (Å²) in [5, 5.41) is 12.2. The summed E-state index contributed by atoms with van der Waals surface area (Å²) in [6, 6.07) is 10.1. The summed E-state index contributed by atoms with van der Waals surface area (Å²) in [6.45, 7) is 1.81. The molecule has 0 aliphatic carbocycles. The first-order valence-corrected chi connectivity index (χ1v) is 5.03. The highest BCUT2D eigenvalue weighted by Gasteiger charge is 2.23. The summed E-state index contributed by atoms with van der Waals surface area (Å²) in [5.74, 6) is 0. The number of hydrogen-bond donors (Lipinski definition) is 2. The molecule has 0 aromatic heterocycles. The van der Waals surface area contributed by atoms with E-state index < -0.39 is 6.09 Å². The van der Waals surface area contributed by atoms with Gasteiger partial charge in [0.05, 0.1) is 6.04 Å². The summed E-state index contributed by atoms with van der Waals surface area (Å²) < 4.78 is 0. The summed E-state index contributed by atoms with van der Waals surface area (Å²) >= 11 is 0. The van der Waals surface area contributed by atoms with Gasteiger partial charge in [-0.1, -0.05) is 30.3 Å². The minimum atomic E-state index is -0.836. The monoisotopic (exact) mass is 206 g/mol. The lowest BCUT2D eigenvalue weighted by molar-refractivity contribution is 0.129. The van der Waals surface area contributed by atoms with E-state index in [0.29, 0.717) is 19.6 Å². The fourth-order valence-corrected chi connectivity index (χ4v) is 1.83. The molecular formula is C11H14N2O2. The van der Waals surface area contributed by atoms with Gasteiger partial charge in [-0.25, -0.2) is 4.79 Å². The maximum Gasteiger partial charge on any atom is 0.407 e. The lowest BCUT2D eigenvalue weighted by Gasteiger charge is -2.32. The van der Waals surface area contributed by atoms with E-state index in [0.717, 1.165) is 5.56 Å². The number of amides is 1. The third kappa shape index (κ3) is 2.27. The molecule has 2 rings (SSSR count). The van der Waals surface area contributed by atoms with Gasteiger partial charge in [0.2, 0.25) is 0 Å². The maximum absolute atomic E-state index is 10.8. The number of carboxylic acid groups (broad SMARTS) is 1. The zero-order chi connectivity index (χ0) is 10.7. The van der Waals surface area contributed by atoms with Crippen LogP contribution in [-0.4, -0.2) is 35.7 Å². The van der Waals surface area contributed by atoms with Crippen molar-refractivity contribution in [3.05, 3.63) is 35.9 Å². The van der Waals surface area contributed by atoms with Gasteiger partial charge in [-0.2, -0.15) is 0 Å². The standard InChI is InChI=1S/C11H14N2O2/c14-11(15)13-7-6-12-10(8-13)9-4-2-1-3-5-9/h1-5,10,12H,6-8H2,(H,14,15)/t10-/m0/s1. The van der Waals surface area contributed by atoms with Gasteiger partial charge in [0.15, 0.2) is 0 Å². The quantitative estimate of drug-likeness (QED) is 0.728. The summed E-state index contributed by atoms with van der Waals surface area (Å²) in [7, 11) is 0. The molecule has 4 nitrogen and oxygen atoms in total. The molecule has 1 saturated heterocycles. The number of nitrogens with one attached hydrogen (secondary N) is 1. The lowest BCUT2D eigenvalue weighted by Crippen LogP contribution is -2.47.